The molecule has 0 aromatic heterocycles. The van der Waals surface area contributed by atoms with Gasteiger partial charge in [-0.2, -0.15) is 5.09 Å². The second-order valence-electron chi connectivity index (χ2n) is 6.24. The molecule has 0 aliphatic rings. The van der Waals surface area contributed by atoms with Crippen LogP contribution in [0, 0.1) is 0 Å². The van der Waals surface area contributed by atoms with Gasteiger partial charge in [-0.05, 0) is 50.2 Å². The standard InChI is InChI=1S/C22H22NO2P/c1-18(2)25-22(24)23-26(19-12-6-3-7-13-19,20-14-8-4-9-15-20)21-16-10-5-11-17-21/h3-18H,1-2H3/p+1. The number of carbonyl (C=O) groups is 1. The highest BCUT2D eigenvalue weighted by Gasteiger charge is 2.48. The van der Waals surface area contributed by atoms with E-state index in [1.54, 1.807) is 0 Å². The lowest BCUT2D eigenvalue weighted by Gasteiger charge is -2.27. The minimum absolute atomic E-state index is 0.181. The molecule has 0 aliphatic carbocycles. The molecule has 0 atom stereocenters. The molecule has 0 aliphatic heterocycles. The van der Waals surface area contributed by atoms with E-state index in [1.807, 2.05) is 68.4 Å². The Morgan fingerprint density at radius 3 is 1.38 bits per heavy atom. The van der Waals surface area contributed by atoms with Gasteiger partial charge in [0.2, 0.25) is 7.41 Å². The van der Waals surface area contributed by atoms with E-state index >= 15 is 0 Å². The highest BCUT2D eigenvalue weighted by atomic mass is 31.2. The monoisotopic (exact) mass is 364 g/mol. The number of ether oxygens (including phenoxy) is 1. The van der Waals surface area contributed by atoms with Gasteiger partial charge >= 0.3 is 6.09 Å². The Kier molecular flexibility index (Phi) is 5.70. The summed E-state index contributed by atoms with van der Waals surface area (Å²) < 4.78 is 5.45. The van der Waals surface area contributed by atoms with Gasteiger partial charge in [-0.15, -0.1) is 0 Å². The van der Waals surface area contributed by atoms with E-state index in [-0.39, 0.29) is 6.10 Å². The van der Waals surface area contributed by atoms with Gasteiger partial charge in [-0.3, -0.25) is 0 Å². The second-order valence-corrected chi connectivity index (χ2v) is 9.36. The average Bonchev–Trinajstić information content (AvgIpc) is 2.67. The normalized spacial score (nSPS) is 11.2. The lowest BCUT2D eigenvalue weighted by atomic mass is 10.4. The third-order valence-corrected chi connectivity index (χ3v) is 7.77. The van der Waals surface area contributed by atoms with Gasteiger partial charge in [0, 0.05) is 0 Å². The number of hydrogen-bond acceptors (Lipinski definition) is 2. The molecule has 0 radical (unpaired) electrons. The van der Waals surface area contributed by atoms with Crippen molar-refractivity contribution in [2.75, 3.05) is 0 Å². The molecule has 1 amide bonds. The first-order valence-electron chi connectivity index (χ1n) is 8.68. The fourth-order valence-electron chi connectivity index (χ4n) is 2.97. The molecular weight excluding hydrogens is 341 g/mol. The zero-order valence-electron chi connectivity index (χ0n) is 15.0. The number of hydrogen-bond donors (Lipinski definition) is 1. The smallest absolute Gasteiger partial charge is 0.440 e. The van der Waals surface area contributed by atoms with Gasteiger partial charge in [0.15, 0.2) is 0 Å². The molecule has 0 bridgehead atoms. The summed E-state index contributed by atoms with van der Waals surface area (Å²) in [5.74, 6) is 0. The molecule has 3 rings (SSSR count). The van der Waals surface area contributed by atoms with Crippen LogP contribution in [0.4, 0.5) is 4.79 Å². The zero-order chi connectivity index (χ0) is 18.4. The molecule has 132 valence electrons. The van der Waals surface area contributed by atoms with Crippen LogP contribution in [0.2, 0.25) is 0 Å². The van der Waals surface area contributed by atoms with E-state index in [0.717, 1.165) is 15.9 Å². The fourth-order valence-corrected chi connectivity index (χ4v) is 6.44. The molecule has 0 saturated heterocycles. The van der Waals surface area contributed by atoms with Crippen LogP contribution in [-0.2, 0) is 4.74 Å². The molecule has 1 N–H and O–H groups in total. The third-order valence-electron chi connectivity index (χ3n) is 4.03. The van der Waals surface area contributed by atoms with Crippen LogP contribution >= 0.6 is 7.41 Å². The van der Waals surface area contributed by atoms with E-state index < -0.39 is 13.5 Å². The predicted molar refractivity (Wildman–Crippen MR) is 110 cm³/mol. The summed E-state index contributed by atoms with van der Waals surface area (Å²) in [4.78, 5) is 12.7. The van der Waals surface area contributed by atoms with Crippen LogP contribution in [0.5, 0.6) is 0 Å². The lowest BCUT2D eigenvalue weighted by Crippen LogP contribution is -2.43. The first-order chi connectivity index (χ1) is 12.6. The first kappa shape index (κ1) is 18.2. The lowest BCUT2D eigenvalue weighted by molar-refractivity contribution is 0.121. The Bertz CT molecular complexity index is 739. The minimum atomic E-state index is -2.39. The maximum atomic E-state index is 12.7. The summed E-state index contributed by atoms with van der Waals surface area (Å²) in [6.07, 6.45) is -0.580. The quantitative estimate of drug-likeness (QED) is 0.694. The molecule has 0 heterocycles. The Morgan fingerprint density at radius 2 is 1.08 bits per heavy atom. The topological polar surface area (TPSA) is 38.3 Å². The first-order valence-corrected chi connectivity index (χ1v) is 10.5. The van der Waals surface area contributed by atoms with Crippen LogP contribution < -0.4 is 21.0 Å². The second kappa shape index (κ2) is 8.16. The van der Waals surface area contributed by atoms with E-state index in [1.165, 1.54) is 0 Å². The van der Waals surface area contributed by atoms with Crippen LogP contribution in [0.1, 0.15) is 13.8 Å². The van der Waals surface area contributed by atoms with Crippen molar-refractivity contribution < 1.29 is 9.53 Å². The highest BCUT2D eigenvalue weighted by molar-refractivity contribution is 7.94. The van der Waals surface area contributed by atoms with E-state index in [4.69, 9.17) is 4.74 Å². The summed E-state index contributed by atoms with van der Waals surface area (Å²) in [7, 11) is -2.39. The number of amides is 1. The van der Waals surface area contributed by atoms with Crippen molar-refractivity contribution in [1.29, 1.82) is 0 Å². The van der Waals surface area contributed by atoms with Gasteiger partial charge in [0.1, 0.15) is 15.9 Å². The van der Waals surface area contributed by atoms with E-state index in [2.05, 4.69) is 41.5 Å². The number of nitrogens with one attached hydrogen (secondary N) is 1. The Balaban J connectivity index is 2.23. The van der Waals surface area contributed by atoms with E-state index in [0.29, 0.717) is 0 Å². The van der Waals surface area contributed by atoms with Crippen molar-refractivity contribution in [3.05, 3.63) is 91.0 Å². The molecule has 0 unspecified atom stereocenters. The van der Waals surface area contributed by atoms with Crippen LogP contribution in [0.3, 0.4) is 0 Å². The van der Waals surface area contributed by atoms with Crippen molar-refractivity contribution in [3.8, 4) is 0 Å². The van der Waals surface area contributed by atoms with Gasteiger partial charge < -0.3 is 4.74 Å². The summed E-state index contributed by atoms with van der Waals surface area (Å²) in [6, 6.07) is 30.4. The highest BCUT2D eigenvalue weighted by Crippen LogP contribution is 2.51. The Morgan fingerprint density at radius 1 is 0.731 bits per heavy atom. The van der Waals surface area contributed by atoms with Crippen molar-refractivity contribution in [3.63, 3.8) is 0 Å². The molecule has 0 saturated carbocycles. The number of rotatable bonds is 5. The minimum Gasteiger partial charge on any atom is -0.445 e. The maximum Gasteiger partial charge on any atom is 0.440 e. The van der Waals surface area contributed by atoms with Gasteiger partial charge in [0.05, 0.1) is 6.10 Å². The molecule has 3 aromatic carbocycles. The predicted octanol–water partition coefficient (Wildman–Crippen LogP) is 4.03. The maximum absolute atomic E-state index is 12.7. The molecule has 26 heavy (non-hydrogen) atoms. The van der Waals surface area contributed by atoms with Crippen LogP contribution in [0.25, 0.3) is 0 Å². The third kappa shape index (κ3) is 3.79. The SMILES string of the molecule is CC(C)OC(=O)N[P+](c1ccccc1)(c1ccccc1)c1ccccc1. The molecule has 3 aromatic rings. The Hall–Kier alpha value is -2.64. The van der Waals surface area contributed by atoms with Crippen molar-refractivity contribution in [1.82, 2.24) is 5.09 Å². The van der Waals surface area contributed by atoms with Gasteiger partial charge in [-0.25, -0.2) is 4.79 Å². The summed E-state index contributed by atoms with van der Waals surface area (Å²) in [5, 5.41) is 6.51. The largest absolute Gasteiger partial charge is 0.445 e. The fraction of sp³-hybridized carbons (Fsp3) is 0.136. The Labute approximate surface area is 155 Å². The molecule has 0 spiro atoms. The van der Waals surface area contributed by atoms with Gasteiger partial charge in [-0.1, -0.05) is 54.6 Å². The molecule has 4 heteroatoms. The van der Waals surface area contributed by atoms with Crippen LogP contribution in [0.15, 0.2) is 91.0 Å². The van der Waals surface area contributed by atoms with Crippen molar-refractivity contribution in [2.24, 2.45) is 0 Å². The number of carbonyl (C=O) groups excluding carboxylic acids is 1. The summed E-state index contributed by atoms with van der Waals surface area (Å²) in [6.45, 7) is 3.71. The zero-order valence-corrected chi connectivity index (χ0v) is 15.9. The van der Waals surface area contributed by atoms with Crippen LogP contribution in [-0.4, -0.2) is 12.2 Å². The summed E-state index contributed by atoms with van der Waals surface area (Å²) in [5.41, 5.74) is 0. The molecular formula is C22H23NO2P+. The van der Waals surface area contributed by atoms with Crippen molar-refractivity contribution in [2.45, 2.75) is 20.0 Å². The molecule has 0 fully saturated rings. The van der Waals surface area contributed by atoms with E-state index in [9.17, 15) is 4.79 Å². The summed E-state index contributed by atoms with van der Waals surface area (Å²) >= 11 is 0. The molecule has 3 nitrogen and oxygen atoms in total. The average molecular weight is 364 g/mol. The number of benzene rings is 3. The van der Waals surface area contributed by atoms with Crippen molar-refractivity contribution >= 4 is 29.4 Å². The van der Waals surface area contributed by atoms with Gasteiger partial charge in [0.25, 0.3) is 0 Å².